The molecule has 2 nitrogen and oxygen atoms in total. The van der Waals surface area contributed by atoms with Gasteiger partial charge in [-0.05, 0) is 6.08 Å². The van der Waals surface area contributed by atoms with Crippen molar-refractivity contribution in [1.29, 1.82) is 0 Å². The quantitative estimate of drug-likeness (QED) is 0.272. The third-order valence-corrected chi connectivity index (χ3v) is 0.325. The smallest absolute Gasteiger partial charge is 0.545 e. The Hall–Kier alpha value is 0.500. The van der Waals surface area contributed by atoms with Crippen LogP contribution in [0.4, 0.5) is 0 Å². The van der Waals surface area contributed by atoms with Crippen LogP contribution in [0.1, 0.15) is 0 Å². The van der Waals surface area contributed by atoms with Crippen molar-refractivity contribution in [2.45, 2.75) is 0 Å². The van der Waals surface area contributed by atoms with Crippen LogP contribution in [-0.2, 0) is 4.79 Å². The predicted octanol–water partition coefficient (Wildman–Crippen LogP) is -3.51. The van der Waals surface area contributed by atoms with Crippen LogP contribution in [0.25, 0.3) is 0 Å². The first-order valence-electron chi connectivity index (χ1n) is 1.25. The number of carbonyl (C=O) groups excluding carboxylic acids is 1. The van der Waals surface area contributed by atoms with Gasteiger partial charge in [-0.25, -0.2) is 0 Å². The number of rotatable bonds is 1. The maximum atomic E-state index is 9.32. The van der Waals surface area contributed by atoms with E-state index in [2.05, 4.69) is 0 Å². The van der Waals surface area contributed by atoms with E-state index in [0.717, 1.165) is 11.6 Å². The van der Waals surface area contributed by atoms with Crippen molar-refractivity contribution < 1.29 is 39.5 Å². The minimum atomic E-state index is -1.27. The van der Waals surface area contributed by atoms with Gasteiger partial charge in [-0.3, -0.25) is 0 Å². The monoisotopic (exact) mass is 128 g/mol. The molecule has 0 saturated carbocycles. The van der Waals surface area contributed by atoms with E-state index in [9.17, 15) is 9.90 Å². The number of carboxylic acids is 1. The molecule has 0 spiro atoms. The van der Waals surface area contributed by atoms with Gasteiger partial charge in [0.2, 0.25) is 0 Å². The zero-order chi connectivity index (χ0) is 4.99. The Bertz CT molecular complexity index is 81.0. The number of hydrogen-bond acceptors (Lipinski definition) is 2. The second kappa shape index (κ2) is 6.50. The number of carboxylic acid groups (broad SMARTS) is 1. The summed E-state index contributed by atoms with van der Waals surface area (Å²) in [7, 11) is 0. The van der Waals surface area contributed by atoms with E-state index in [-0.39, 0.29) is 29.6 Å². The van der Waals surface area contributed by atoms with E-state index in [1.807, 2.05) is 0 Å². The average Bonchev–Trinajstić information content (AvgIpc) is 1.35. The molecule has 0 heterocycles. The van der Waals surface area contributed by atoms with Gasteiger partial charge in [-0.2, -0.15) is 0 Å². The first kappa shape index (κ1) is 10.5. The van der Waals surface area contributed by atoms with Gasteiger partial charge in [0.1, 0.15) is 0 Å². The summed E-state index contributed by atoms with van der Waals surface area (Å²) in [5.41, 5.74) is 0.884. The molecule has 0 aromatic rings. The Labute approximate surface area is 68.5 Å². The van der Waals surface area contributed by atoms with Gasteiger partial charge in [0.15, 0.2) is 0 Å². The molecule has 4 heteroatoms. The van der Waals surface area contributed by atoms with Crippen LogP contribution in [-0.4, -0.2) is 5.97 Å². The molecule has 0 radical (unpaired) electrons. The summed E-state index contributed by atoms with van der Waals surface area (Å²) in [6.45, 7) is 0. The van der Waals surface area contributed by atoms with Gasteiger partial charge in [0.25, 0.3) is 0 Å². The molecule has 34 valence electrons. The topological polar surface area (TPSA) is 40.1 Å². The SMILES string of the molecule is O=C([O-])/C=C\Cl.[Na+]. The number of aliphatic carboxylic acids is 1. The number of hydrogen-bond donors (Lipinski definition) is 0. The Kier molecular flexibility index (Phi) is 9.73. The Morgan fingerprint density at radius 1 is 1.71 bits per heavy atom. The van der Waals surface area contributed by atoms with Crippen molar-refractivity contribution in [1.82, 2.24) is 0 Å². The fourth-order valence-corrected chi connectivity index (χ4v) is 0.154. The van der Waals surface area contributed by atoms with Crippen LogP contribution in [0.15, 0.2) is 11.6 Å². The van der Waals surface area contributed by atoms with Crippen molar-refractivity contribution in [2.75, 3.05) is 0 Å². The summed E-state index contributed by atoms with van der Waals surface area (Å²) in [5.74, 6) is -1.27. The Morgan fingerprint density at radius 2 is 2.14 bits per heavy atom. The van der Waals surface area contributed by atoms with Gasteiger partial charge in [-0.1, -0.05) is 11.6 Å². The van der Waals surface area contributed by atoms with Crippen LogP contribution in [0, 0.1) is 0 Å². The molecule has 0 aromatic carbocycles. The summed E-state index contributed by atoms with van der Waals surface area (Å²) in [4.78, 5) is 9.32. The molecule has 0 atom stereocenters. The van der Waals surface area contributed by atoms with Crippen molar-refractivity contribution >= 4 is 17.6 Å². The fraction of sp³-hybridized carbons (Fsp3) is 0. The second-order valence-electron chi connectivity index (χ2n) is 0.612. The number of carbonyl (C=O) groups is 1. The summed E-state index contributed by atoms with van der Waals surface area (Å²) in [6.07, 6.45) is 0.738. The largest absolute Gasteiger partial charge is 1.00 e. The summed E-state index contributed by atoms with van der Waals surface area (Å²) < 4.78 is 0. The van der Waals surface area contributed by atoms with E-state index >= 15 is 0 Å². The molecule has 0 aliphatic rings. The Morgan fingerprint density at radius 3 is 2.14 bits per heavy atom. The maximum Gasteiger partial charge on any atom is 1.00 e. The Balaban J connectivity index is 0. The summed E-state index contributed by atoms with van der Waals surface area (Å²) in [6, 6.07) is 0. The van der Waals surface area contributed by atoms with E-state index in [1.165, 1.54) is 0 Å². The van der Waals surface area contributed by atoms with Crippen molar-refractivity contribution in [3.8, 4) is 0 Å². The molecule has 0 aliphatic heterocycles. The zero-order valence-corrected chi connectivity index (χ0v) is 6.61. The van der Waals surface area contributed by atoms with Crippen molar-refractivity contribution in [2.24, 2.45) is 0 Å². The summed E-state index contributed by atoms with van der Waals surface area (Å²) in [5, 5.41) is 9.32. The van der Waals surface area contributed by atoms with E-state index in [1.54, 1.807) is 0 Å². The third kappa shape index (κ3) is 10.7. The molecular weight excluding hydrogens is 126 g/mol. The van der Waals surface area contributed by atoms with Gasteiger partial charge in [0.05, 0.1) is 5.97 Å². The third-order valence-electron chi connectivity index (χ3n) is 0.199. The minimum absolute atomic E-state index is 0. The van der Waals surface area contributed by atoms with Gasteiger partial charge >= 0.3 is 29.6 Å². The molecular formula is C3H2ClNaO2. The summed E-state index contributed by atoms with van der Waals surface area (Å²) >= 11 is 4.80. The van der Waals surface area contributed by atoms with Crippen molar-refractivity contribution in [3.05, 3.63) is 11.6 Å². The van der Waals surface area contributed by atoms with Crippen LogP contribution in [0.5, 0.6) is 0 Å². The normalized spacial score (nSPS) is 8.14. The molecule has 0 N–H and O–H groups in total. The second-order valence-corrected chi connectivity index (χ2v) is 0.864. The molecule has 0 bridgehead atoms. The van der Waals surface area contributed by atoms with Gasteiger partial charge in [0, 0.05) is 5.54 Å². The maximum absolute atomic E-state index is 9.32. The fourth-order valence-electron chi connectivity index (χ4n) is 0.0514. The number of halogens is 1. The van der Waals surface area contributed by atoms with Gasteiger partial charge in [-0.15, -0.1) is 0 Å². The molecule has 0 unspecified atom stereocenters. The average molecular weight is 128 g/mol. The van der Waals surface area contributed by atoms with Crippen LogP contribution in [0.3, 0.4) is 0 Å². The van der Waals surface area contributed by atoms with Crippen LogP contribution < -0.4 is 34.7 Å². The molecule has 0 saturated heterocycles. The van der Waals surface area contributed by atoms with Crippen LogP contribution in [0.2, 0.25) is 0 Å². The van der Waals surface area contributed by atoms with E-state index in [4.69, 9.17) is 11.6 Å². The first-order valence-corrected chi connectivity index (χ1v) is 1.68. The minimum Gasteiger partial charge on any atom is -0.545 e. The molecule has 0 amide bonds. The molecule has 0 aliphatic carbocycles. The standard InChI is InChI=1S/C3H3ClO2.Na/c4-2-1-3(5)6;/h1-2H,(H,5,6);/q;+1/p-1/b2-1-;. The van der Waals surface area contributed by atoms with E-state index < -0.39 is 5.97 Å². The van der Waals surface area contributed by atoms with Crippen molar-refractivity contribution in [3.63, 3.8) is 0 Å². The zero-order valence-electron chi connectivity index (χ0n) is 3.85. The molecule has 0 aromatic heterocycles. The molecule has 0 rings (SSSR count). The van der Waals surface area contributed by atoms with E-state index in [0.29, 0.717) is 0 Å². The molecule has 7 heavy (non-hydrogen) atoms. The van der Waals surface area contributed by atoms with Crippen LogP contribution >= 0.6 is 11.6 Å². The predicted molar refractivity (Wildman–Crippen MR) is 20.0 cm³/mol. The first-order chi connectivity index (χ1) is 2.77. The molecule has 0 fully saturated rings. The van der Waals surface area contributed by atoms with Gasteiger partial charge < -0.3 is 9.90 Å².